The second kappa shape index (κ2) is 11.5. The van der Waals surface area contributed by atoms with Crippen LogP contribution in [-0.2, 0) is 9.59 Å². The number of hydrogen-bond acceptors (Lipinski definition) is 4. The summed E-state index contributed by atoms with van der Waals surface area (Å²) >= 11 is 0. The van der Waals surface area contributed by atoms with Crippen molar-refractivity contribution < 1.29 is 18.7 Å². The number of carbonyl (C=O) groups is 2. The van der Waals surface area contributed by atoms with E-state index >= 15 is 0 Å². The molecule has 2 N–H and O–H groups in total. The fourth-order valence-corrected chi connectivity index (χ4v) is 2.26. The van der Waals surface area contributed by atoms with E-state index in [4.69, 9.17) is 4.74 Å². The van der Waals surface area contributed by atoms with Crippen LogP contribution in [0.1, 0.15) is 38.2 Å². The van der Waals surface area contributed by atoms with Crippen LogP contribution in [0.2, 0.25) is 0 Å². The monoisotopic (exact) mass is 385 g/mol. The van der Waals surface area contributed by atoms with Crippen molar-refractivity contribution in [2.24, 2.45) is 5.10 Å². The van der Waals surface area contributed by atoms with Gasteiger partial charge in [0.2, 0.25) is 11.8 Å². The predicted octanol–water partition coefficient (Wildman–Crippen LogP) is 3.87. The Bertz CT molecular complexity index is 824. The van der Waals surface area contributed by atoms with Crippen LogP contribution in [0.25, 0.3) is 0 Å². The van der Waals surface area contributed by atoms with Crippen LogP contribution >= 0.6 is 0 Å². The van der Waals surface area contributed by atoms with E-state index in [1.807, 2.05) is 24.3 Å². The first-order valence-corrected chi connectivity index (χ1v) is 9.17. The minimum absolute atomic E-state index is 0.0577. The molecule has 0 heterocycles. The maximum Gasteiger partial charge on any atom is 0.240 e. The molecule has 0 radical (unpaired) electrons. The van der Waals surface area contributed by atoms with Gasteiger partial charge < -0.3 is 10.1 Å². The number of anilines is 1. The molecule has 0 saturated carbocycles. The van der Waals surface area contributed by atoms with Crippen LogP contribution in [0.5, 0.6) is 5.75 Å². The van der Waals surface area contributed by atoms with Gasteiger partial charge in [0.05, 0.1) is 18.5 Å². The first kappa shape index (κ1) is 21.1. The number of para-hydroxylation sites is 1. The van der Waals surface area contributed by atoms with Crippen molar-refractivity contribution >= 4 is 23.7 Å². The van der Waals surface area contributed by atoms with E-state index in [9.17, 15) is 14.0 Å². The molecule has 0 aliphatic heterocycles. The molecule has 2 amide bonds. The number of benzene rings is 2. The number of nitrogens with zero attached hydrogens (tertiary/aromatic N) is 1. The van der Waals surface area contributed by atoms with Crippen molar-refractivity contribution in [1.29, 1.82) is 0 Å². The third kappa shape index (κ3) is 7.57. The molecule has 2 rings (SSSR count). The Morgan fingerprint density at radius 2 is 1.89 bits per heavy atom. The second-order valence-electron chi connectivity index (χ2n) is 6.10. The van der Waals surface area contributed by atoms with E-state index in [1.165, 1.54) is 24.4 Å². The van der Waals surface area contributed by atoms with Crippen LogP contribution < -0.4 is 15.5 Å². The number of ether oxygens (including phenoxy) is 1. The Kier molecular flexibility index (Phi) is 8.65. The van der Waals surface area contributed by atoms with Gasteiger partial charge in [0.1, 0.15) is 11.6 Å². The highest BCUT2D eigenvalue weighted by Gasteiger charge is 2.08. The molecule has 0 aromatic heterocycles. The van der Waals surface area contributed by atoms with Crippen molar-refractivity contribution in [2.45, 2.75) is 32.6 Å². The number of rotatable bonds is 10. The summed E-state index contributed by atoms with van der Waals surface area (Å²) in [6.45, 7) is 2.75. The summed E-state index contributed by atoms with van der Waals surface area (Å²) in [4.78, 5) is 23.6. The fourth-order valence-electron chi connectivity index (χ4n) is 2.26. The predicted molar refractivity (Wildman–Crippen MR) is 107 cm³/mol. The number of hydrogen-bond donors (Lipinski definition) is 2. The van der Waals surface area contributed by atoms with Crippen LogP contribution in [0.3, 0.4) is 0 Å². The summed E-state index contributed by atoms with van der Waals surface area (Å²) in [5, 5.41) is 6.31. The lowest BCUT2D eigenvalue weighted by Crippen LogP contribution is -2.20. The van der Waals surface area contributed by atoms with Crippen molar-refractivity contribution in [3.8, 4) is 5.75 Å². The molecule has 148 valence electrons. The molecular formula is C21H24FN3O3. The van der Waals surface area contributed by atoms with Crippen LogP contribution in [0.15, 0.2) is 53.6 Å². The lowest BCUT2D eigenvalue weighted by atomic mass is 10.2. The number of carbonyl (C=O) groups excluding carboxylic acids is 2. The standard InChI is InChI=1S/C21H24FN3O3/c1-2-3-13-28-17-8-6-7-16(14-17)15-23-25-21(27)12-11-20(26)24-19-10-5-4-9-18(19)22/h4-10,14-15H,2-3,11-13H2,1H3,(H,24,26)(H,25,27). The largest absolute Gasteiger partial charge is 0.494 e. The number of nitrogens with one attached hydrogen (secondary N) is 2. The second-order valence-corrected chi connectivity index (χ2v) is 6.10. The summed E-state index contributed by atoms with van der Waals surface area (Å²) in [6, 6.07) is 13.2. The van der Waals surface area contributed by atoms with Gasteiger partial charge in [0.25, 0.3) is 0 Å². The molecule has 2 aromatic rings. The summed E-state index contributed by atoms with van der Waals surface area (Å²) in [5.41, 5.74) is 3.24. The number of amides is 2. The topological polar surface area (TPSA) is 79.8 Å². The van der Waals surface area contributed by atoms with E-state index in [1.54, 1.807) is 6.07 Å². The minimum atomic E-state index is -0.522. The van der Waals surface area contributed by atoms with Gasteiger partial charge >= 0.3 is 0 Å². The third-order valence-corrected chi connectivity index (χ3v) is 3.75. The first-order valence-electron chi connectivity index (χ1n) is 9.17. The van der Waals surface area contributed by atoms with Crippen molar-refractivity contribution in [1.82, 2.24) is 5.43 Å². The van der Waals surface area contributed by atoms with Crippen molar-refractivity contribution in [3.05, 3.63) is 59.9 Å². The highest BCUT2D eigenvalue weighted by atomic mass is 19.1. The van der Waals surface area contributed by atoms with Crippen molar-refractivity contribution in [3.63, 3.8) is 0 Å². The van der Waals surface area contributed by atoms with Gasteiger partial charge in [-0.3, -0.25) is 9.59 Å². The molecule has 0 bridgehead atoms. The molecule has 0 aliphatic rings. The van der Waals surface area contributed by atoms with Gasteiger partial charge in [-0.05, 0) is 36.2 Å². The molecule has 7 heteroatoms. The molecule has 28 heavy (non-hydrogen) atoms. The fraction of sp³-hybridized carbons (Fsp3) is 0.286. The Balaban J connectivity index is 1.74. The van der Waals surface area contributed by atoms with E-state index in [0.717, 1.165) is 24.2 Å². The van der Waals surface area contributed by atoms with Crippen LogP contribution in [-0.4, -0.2) is 24.6 Å². The number of halogens is 1. The highest BCUT2D eigenvalue weighted by molar-refractivity contribution is 5.93. The van der Waals surface area contributed by atoms with E-state index in [-0.39, 0.29) is 18.5 Å². The summed E-state index contributed by atoms with van der Waals surface area (Å²) in [5.74, 6) is -0.629. The smallest absolute Gasteiger partial charge is 0.240 e. The normalized spacial score (nSPS) is 10.6. The quantitative estimate of drug-likeness (QED) is 0.370. The average molecular weight is 385 g/mol. The van der Waals surface area contributed by atoms with Crippen molar-refractivity contribution in [2.75, 3.05) is 11.9 Å². The molecular weight excluding hydrogens is 361 g/mol. The molecule has 0 atom stereocenters. The number of hydrazone groups is 1. The highest BCUT2D eigenvalue weighted by Crippen LogP contribution is 2.13. The zero-order valence-electron chi connectivity index (χ0n) is 15.8. The van der Waals surface area contributed by atoms with Gasteiger partial charge in [0.15, 0.2) is 0 Å². The average Bonchev–Trinajstić information content (AvgIpc) is 2.69. The maximum atomic E-state index is 13.5. The van der Waals surface area contributed by atoms with Gasteiger partial charge in [-0.15, -0.1) is 0 Å². The Morgan fingerprint density at radius 3 is 2.68 bits per heavy atom. The summed E-state index contributed by atoms with van der Waals surface area (Å²) in [7, 11) is 0. The lowest BCUT2D eigenvalue weighted by molar-refractivity contribution is -0.124. The van der Waals surface area contributed by atoms with Gasteiger partial charge in [-0.2, -0.15) is 5.10 Å². The van der Waals surface area contributed by atoms with Gasteiger partial charge in [-0.1, -0.05) is 37.6 Å². The van der Waals surface area contributed by atoms with E-state index in [2.05, 4.69) is 22.8 Å². The van der Waals surface area contributed by atoms with Gasteiger partial charge in [-0.25, -0.2) is 9.82 Å². The third-order valence-electron chi connectivity index (χ3n) is 3.75. The Labute approximate surface area is 163 Å². The Hall–Kier alpha value is -3.22. The maximum absolute atomic E-state index is 13.5. The summed E-state index contributed by atoms with van der Waals surface area (Å²) < 4.78 is 19.1. The van der Waals surface area contributed by atoms with Gasteiger partial charge in [0, 0.05) is 12.8 Å². The van der Waals surface area contributed by atoms with Crippen LogP contribution in [0, 0.1) is 5.82 Å². The Morgan fingerprint density at radius 1 is 1.11 bits per heavy atom. The molecule has 6 nitrogen and oxygen atoms in total. The van der Waals surface area contributed by atoms with E-state index < -0.39 is 17.6 Å². The zero-order chi connectivity index (χ0) is 20.2. The molecule has 0 aliphatic carbocycles. The first-order chi connectivity index (χ1) is 13.6. The number of unbranched alkanes of at least 4 members (excludes halogenated alkanes) is 1. The van der Waals surface area contributed by atoms with E-state index in [0.29, 0.717) is 6.61 Å². The molecule has 0 unspecified atom stereocenters. The molecule has 0 saturated heterocycles. The molecule has 0 spiro atoms. The minimum Gasteiger partial charge on any atom is -0.494 e. The molecule has 2 aromatic carbocycles. The lowest BCUT2D eigenvalue weighted by Gasteiger charge is -2.06. The molecule has 0 fully saturated rings. The van der Waals surface area contributed by atoms with Crippen LogP contribution in [0.4, 0.5) is 10.1 Å². The SMILES string of the molecule is CCCCOc1cccc(C=NNC(=O)CCC(=O)Nc2ccccc2F)c1. The summed E-state index contributed by atoms with van der Waals surface area (Å²) in [6.07, 6.45) is 3.42. The zero-order valence-corrected chi connectivity index (χ0v) is 15.8.